The number of rotatable bonds is 3. The molecule has 1 aromatic carbocycles. The van der Waals surface area contributed by atoms with Gasteiger partial charge in [-0.15, -0.1) is 0 Å². The number of aliphatic hydroxyl groups excluding tert-OH is 1. The fourth-order valence-electron chi connectivity index (χ4n) is 2.26. The second-order valence-electron chi connectivity index (χ2n) is 4.97. The topological polar surface area (TPSA) is 49.5 Å². The fourth-order valence-corrected chi connectivity index (χ4v) is 2.26. The van der Waals surface area contributed by atoms with Gasteiger partial charge in [0, 0.05) is 18.8 Å². The number of nitrogens with zero attached hydrogens (tertiary/aromatic N) is 1. The molecule has 2 rings (SSSR count). The lowest BCUT2D eigenvalue weighted by Gasteiger charge is -2.36. The van der Waals surface area contributed by atoms with Gasteiger partial charge in [-0.05, 0) is 31.4 Å². The summed E-state index contributed by atoms with van der Waals surface area (Å²) in [5.74, 6) is 0. The van der Waals surface area contributed by atoms with Crippen molar-refractivity contribution in [3.8, 4) is 0 Å². The largest absolute Gasteiger partial charge is 0.394 e. The Labute approximate surface area is 96.9 Å². The highest BCUT2D eigenvalue weighted by molar-refractivity contribution is 5.55. The third kappa shape index (κ3) is 2.36. The molecule has 1 aromatic rings. The SMILES string of the molecule is CC(N)(CO)CN1CCCc2ccccc21. The maximum atomic E-state index is 9.22. The molecule has 1 atom stereocenters. The Kier molecular flexibility index (Phi) is 3.17. The lowest BCUT2D eigenvalue weighted by molar-refractivity contribution is 0.210. The summed E-state index contributed by atoms with van der Waals surface area (Å²) in [6.07, 6.45) is 2.31. The zero-order valence-electron chi connectivity index (χ0n) is 9.82. The number of benzene rings is 1. The van der Waals surface area contributed by atoms with Gasteiger partial charge in [-0.2, -0.15) is 0 Å². The molecule has 0 amide bonds. The minimum Gasteiger partial charge on any atom is -0.394 e. The lowest BCUT2D eigenvalue weighted by atomic mass is 9.98. The van der Waals surface area contributed by atoms with E-state index in [0.717, 1.165) is 13.0 Å². The summed E-state index contributed by atoms with van der Waals surface area (Å²) in [5, 5.41) is 9.22. The zero-order valence-corrected chi connectivity index (χ0v) is 9.82. The van der Waals surface area contributed by atoms with E-state index in [1.165, 1.54) is 17.7 Å². The molecule has 0 bridgehead atoms. The fraction of sp³-hybridized carbons (Fsp3) is 0.538. The van der Waals surface area contributed by atoms with Crippen LogP contribution in [0.15, 0.2) is 24.3 Å². The quantitative estimate of drug-likeness (QED) is 0.803. The maximum Gasteiger partial charge on any atom is 0.0625 e. The van der Waals surface area contributed by atoms with Crippen LogP contribution in [-0.4, -0.2) is 30.3 Å². The van der Waals surface area contributed by atoms with Crippen molar-refractivity contribution in [2.24, 2.45) is 5.73 Å². The average molecular weight is 220 g/mol. The minimum absolute atomic E-state index is 0.0195. The molecule has 88 valence electrons. The third-order valence-corrected chi connectivity index (χ3v) is 3.12. The normalized spacial score (nSPS) is 19.1. The van der Waals surface area contributed by atoms with E-state index in [0.29, 0.717) is 6.54 Å². The number of hydrogen-bond donors (Lipinski definition) is 2. The highest BCUT2D eigenvalue weighted by Crippen LogP contribution is 2.27. The molecule has 0 spiro atoms. The molecule has 0 radical (unpaired) electrons. The first-order valence-electron chi connectivity index (χ1n) is 5.85. The summed E-state index contributed by atoms with van der Waals surface area (Å²) in [6.45, 7) is 3.65. The van der Waals surface area contributed by atoms with Gasteiger partial charge in [0.1, 0.15) is 0 Å². The van der Waals surface area contributed by atoms with Gasteiger partial charge >= 0.3 is 0 Å². The van der Waals surface area contributed by atoms with Crippen LogP contribution in [0, 0.1) is 0 Å². The molecule has 1 aliphatic heterocycles. The standard InChI is InChI=1S/C13H20N2O/c1-13(14,10-16)9-15-8-4-6-11-5-2-3-7-12(11)15/h2-3,5,7,16H,4,6,8-10,14H2,1H3. The smallest absolute Gasteiger partial charge is 0.0625 e. The van der Waals surface area contributed by atoms with Gasteiger partial charge in [-0.25, -0.2) is 0 Å². The van der Waals surface area contributed by atoms with Crippen LogP contribution >= 0.6 is 0 Å². The van der Waals surface area contributed by atoms with Crippen LogP contribution in [0.4, 0.5) is 5.69 Å². The average Bonchev–Trinajstić information content (AvgIpc) is 2.29. The number of anilines is 1. The Hall–Kier alpha value is -1.06. The third-order valence-electron chi connectivity index (χ3n) is 3.12. The van der Waals surface area contributed by atoms with Crippen molar-refractivity contribution in [1.29, 1.82) is 0 Å². The first kappa shape index (κ1) is 11.4. The molecule has 16 heavy (non-hydrogen) atoms. The van der Waals surface area contributed by atoms with Gasteiger partial charge < -0.3 is 15.7 Å². The van der Waals surface area contributed by atoms with Crippen LogP contribution in [-0.2, 0) is 6.42 Å². The first-order valence-corrected chi connectivity index (χ1v) is 5.85. The van der Waals surface area contributed by atoms with Crippen molar-refractivity contribution in [2.45, 2.75) is 25.3 Å². The molecule has 0 saturated carbocycles. The van der Waals surface area contributed by atoms with Crippen molar-refractivity contribution >= 4 is 5.69 Å². The second kappa shape index (κ2) is 4.44. The van der Waals surface area contributed by atoms with Crippen molar-refractivity contribution in [3.63, 3.8) is 0 Å². The van der Waals surface area contributed by atoms with E-state index in [9.17, 15) is 5.11 Å². The Morgan fingerprint density at radius 1 is 1.44 bits per heavy atom. The van der Waals surface area contributed by atoms with Crippen LogP contribution < -0.4 is 10.6 Å². The van der Waals surface area contributed by atoms with E-state index in [1.807, 2.05) is 6.92 Å². The van der Waals surface area contributed by atoms with Gasteiger partial charge in [0.15, 0.2) is 0 Å². The van der Waals surface area contributed by atoms with Gasteiger partial charge in [0.2, 0.25) is 0 Å². The Balaban J connectivity index is 2.19. The van der Waals surface area contributed by atoms with Gasteiger partial charge in [-0.1, -0.05) is 18.2 Å². The van der Waals surface area contributed by atoms with E-state index < -0.39 is 5.54 Å². The molecular formula is C13H20N2O. The molecule has 0 saturated heterocycles. The monoisotopic (exact) mass is 220 g/mol. The minimum atomic E-state index is -0.523. The number of para-hydroxylation sites is 1. The maximum absolute atomic E-state index is 9.22. The number of aliphatic hydroxyl groups is 1. The molecule has 1 unspecified atom stereocenters. The predicted octanol–water partition coefficient (Wildman–Crippen LogP) is 1.15. The molecule has 3 heteroatoms. The van der Waals surface area contributed by atoms with Crippen molar-refractivity contribution in [3.05, 3.63) is 29.8 Å². The van der Waals surface area contributed by atoms with Crippen LogP contribution in [0.5, 0.6) is 0 Å². The molecule has 0 aliphatic carbocycles. The number of aryl methyl sites for hydroxylation is 1. The molecule has 3 nitrogen and oxygen atoms in total. The summed E-state index contributed by atoms with van der Waals surface area (Å²) in [4.78, 5) is 2.29. The molecule has 0 aromatic heterocycles. The predicted molar refractivity (Wildman–Crippen MR) is 66.7 cm³/mol. The number of nitrogens with two attached hydrogens (primary N) is 1. The molecule has 0 fully saturated rings. The zero-order chi connectivity index (χ0) is 11.6. The molecule has 1 heterocycles. The van der Waals surface area contributed by atoms with Gasteiger partial charge in [-0.3, -0.25) is 0 Å². The molecule has 3 N–H and O–H groups in total. The van der Waals surface area contributed by atoms with Crippen LogP contribution in [0.25, 0.3) is 0 Å². The summed E-state index contributed by atoms with van der Waals surface area (Å²) in [5.41, 5.74) is 8.16. The highest BCUT2D eigenvalue weighted by Gasteiger charge is 2.24. The van der Waals surface area contributed by atoms with Crippen molar-refractivity contribution < 1.29 is 5.11 Å². The van der Waals surface area contributed by atoms with E-state index in [2.05, 4.69) is 29.2 Å². The van der Waals surface area contributed by atoms with Crippen LogP contribution in [0.2, 0.25) is 0 Å². The van der Waals surface area contributed by atoms with E-state index >= 15 is 0 Å². The summed E-state index contributed by atoms with van der Waals surface area (Å²) in [7, 11) is 0. The lowest BCUT2D eigenvalue weighted by Crippen LogP contribution is -2.51. The van der Waals surface area contributed by atoms with E-state index in [1.54, 1.807) is 0 Å². The number of fused-ring (bicyclic) bond motifs is 1. The van der Waals surface area contributed by atoms with E-state index in [-0.39, 0.29) is 6.61 Å². The highest BCUT2D eigenvalue weighted by atomic mass is 16.3. The first-order chi connectivity index (χ1) is 7.62. The molecule has 1 aliphatic rings. The van der Waals surface area contributed by atoms with Crippen molar-refractivity contribution in [2.75, 3.05) is 24.6 Å². The molecular weight excluding hydrogens is 200 g/mol. The summed E-state index contributed by atoms with van der Waals surface area (Å²) >= 11 is 0. The van der Waals surface area contributed by atoms with E-state index in [4.69, 9.17) is 5.73 Å². The Bertz CT molecular complexity index is 363. The van der Waals surface area contributed by atoms with Crippen molar-refractivity contribution in [1.82, 2.24) is 0 Å². The summed E-state index contributed by atoms with van der Waals surface area (Å²) in [6, 6.07) is 8.45. The van der Waals surface area contributed by atoms with Crippen LogP contribution in [0.3, 0.4) is 0 Å². The van der Waals surface area contributed by atoms with Gasteiger partial charge in [0.05, 0.1) is 12.1 Å². The number of hydrogen-bond acceptors (Lipinski definition) is 3. The Morgan fingerprint density at radius 3 is 2.94 bits per heavy atom. The van der Waals surface area contributed by atoms with Crippen LogP contribution in [0.1, 0.15) is 18.9 Å². The summed E-state index contributed by atoms with van der Waals surface area (Å²) < 4.78 is 0. The Morgan fingerprint density at radius 2 is 2.19 bits per heavy atom. The van der Waals surface area contributed by atoms with Gasteiger partial charge in [0.25, 0.3) is 0 Å². The second-order valence-corrected chi connectivity index (χ2v) is 4.97.